The second kappa shape index (κ2) is 12.5. The number of aromatic nitrogens is 3. The van der Waals surface area contributed by atoms with Crippen molar-refractivity contribution in [3.63, 3.8) is 0 Å². The largest absolute Gasteiger partial charge is 0.497 e. The van der Waals surface area contributed by atoms with Crippen molar-refractivity contribution in [2.75, 3.05) is 24.4 Å². The number of carbonyl (C=O) groups is 3. The Morgan fingerprint density at radius 1 is 0.974 bits per heavy atom. The SMILES string of the molecule is COc1ccc(N(C)C(=O)[C@H](Cc2ccccc2)NC(=O)Cn2cc(-c3ccc(NC(C)=O)cc3)nn2)cc1. The lowest BCUT2D eigenvalue weighted by atomic mass is 10.0. The molecule has 0 spiro atoms. The van der Waals surface area contributed by atoms with Crippen LogP contribution in [0.4, 0.5) is 11.4 Å². The molecule has 0 saturated heterocycles. The molecule has 4 aromatic rings. The van der Waals surface area contributed by atoms with Crippen molar-refractivity contribution in [2.24, 2.45) is 0 Å². The molecule has 0 fully saturated rings. The van der Waals surface area contributed by atoms with Crippen LogP contribution in [0, 0.1) is 0 Å². The zero-order valence-electron chi connectivity index (χ0n) is 22.0. The maximum Gasteiger partial charge on any atom is 0.249 e. The Morgan fingerprint density at radius 3 is 2.31 bits per heavy atom. The van der Waals surface area contributed by atoms with Crippen LogP contribution in [0.15, 0.2) is 85.1 Å². The van der Waals surface area contributed by atoms with E-state index in [1.54, 1.807) is 56.8 Å². The van der Waals surface area contributed by atoms with Gasteiger partial charge in [0.2, 0.25) is 17.7 Å². The predicted molar refractivity (Wildman–Crippen MR) is 148 cm³/mol. The zero-order valence-corrected chi connectivity index (χ0v) is 22.0. The third-order valence-electron chi connectivity index (χ3n) is 6.05. The molecule has 39 heavy (non-hydrogen) atoms. The molecule has 3 aromatic carbocycles. The van der Waals surface area contributed by atoms with E-state index in [2.05, 4.69) is 20.9 Å². The highest BCUT2D eigenvalue weighted by Crippen LogP contribution is 2.20. The fourth-order valence-corrected chi connectivity index (χ4v) is 4.04. The number of methoxy groups -OCH3 is 1. The van der Waals surface area contributed by atoms with Gasteiger partial charge in [-0.3, -0.25) is 14.4 Å². The average molecular weight is 527 g/mol. The van der Waals surface area contributed by atoms with Crippen LogP contribution in [-0.4, -0.2) is 52.9 Å². The number of amides is 3. The van der Waals surface area contributed by atoms with Crippen LogP contribution in [0.1, 0.15) is 12.5 Å². The van der Waals surface area contributed by atoms with Gasteiger partial charge in [-0.2, -0.15) is 0 Å². The van der Waals surface area contributed by atoms with E-state index < -0.39 is 6.04 Å². The second-order valence-electron chi connectivity index (χ2n) is 8.97. The van der Waals surface area contributed by atoms with Crippen LogP contribution >= 0.6 is 0 Å². The van der Waals surface area contributed by atoms with Gasteiger partial charge in [-0.05, 0) is 42.0 Å². The van der Waals surface area contributed by atoms with Gasteiger partial charge in [0.25, 0.3) is 0 Å². The maximum atomic E-state index is 13.5. The molecule has 10 nitrogen and oxygen atoms in total. The van der Waals surface area contributed by atoms with Gasteiger partial charge < -0.3 is 20.3 Å². The van der Waals surface area contributed by atoms with E-state index >= 15 is 0 Å². The van der Waals surface area contributed by atoms with E-state index in [9.17, 15) is 14.4 Å². The first kappa shape index (κ1) is 27.1. The molecule has 0 saturated carbocycles. The Morgan fingerprint density at radius 2 is 1.67 bits per heavy atom. The summed E-state index contributed by atoms with van der Waals surface area (Å²) in [7, 11) is 3.26. The van der Waals surface area contributed by atoms with Crippen LogP contribution in [0.25, 0.3) is 11.3 Å². The molecular weight excluding hydrogens is 496 g/mol. The van der Waals surface area contributed by atoms with Crippen LogP contribution in [0.3, 0.4) is 0 Å². The van der Waals surface area contributed by atoms with Crippen LogP contribution < -0.4 is 20.3 Å². The third-order valence-corrected chi connectivity index (χ3v) is 6.05. The Bertz CT molecular complexity index is 1420. The molecule has 0 bridgehead atoms. The highest BCUT2D eigenvalue weighted by Gasteiger charge is 2.25. The molecule has 0 radical (unpaired) electrons. The van der Waals surface area contributed by atoms with Crippen molar-refractivity contribution in [1.82, 2.24) is 20.3 Å². The average Bonchev–Trinajstić information content (AvgIpc) is 3.41. The van der Waals surface area contributed by atoms with Gasteiger partial charge in [0.15, 0.2) is 0 Å². The topological polar surface area (TPSA) is 118 Å². The fraction of sp³-hybridized carbons (Fsp3) is 0.207. The number of hydrogen-bond donors (Lipinski definition) is 2. The predicted octanol–water partition coefficient (Wildman–Crippen LogP) is 3.30. The summed E-state index contributed by atoms with van der Waals surface area (Å²) in [4.78, 5) is 39.3. The summed E-state index contributed by atoms with van der Waals surface area (Å²) in [6.07, 6.45) is 1.99. The van der Waals surface area contributed by atoms with Crippen molar-refractivity contribution in [3.8, 4) is 17.0 Å². The summed E-state index contributed by atoms with van der Waals surface area (Å²) in [5.74, 6) is -0.0932. The first-order valence-corrected chi connectivity index (χ1v) is 12.4. The van der Waals surface area contributed by atoms with Gasteiger partial charge >= 0.3 is 0 Å². The lowest BCUT2D eigenvalue weighted by molar-refractivity contribution is -0.127. The summed E-state index contributed by atoms with van der Waals surface area (Å²) in [6, 6.07) is 23.0. The summed E-state index contributed by atoms with van der Waals surface area (Å²) < 4.78 is 6.63. The third kappa shape index (κ3) is 7.29. The number of rotatable bonds is 10. The van der Waals surface area contributed by atoms with Gasteiger partial charge in [-0.15, -0.1) is 5.10 Å². The van der Waals surface area contributed by atoms with Gasteiger partial charge in [-0.25, -0.2) is 4.68 Å². The smallest absolute Gasteiger partial charge is 0.249 e. The number of nitrogens with one attached hydrogen (secondary N) is 2. The van der Waals surface area contributed by atoms with E-state index in [1.165, 1.54) is 16.5 Å². The molecule has 1 aromatic heterocycles. The van der Waals surface area contributed by atoms with Crippen molar-refractivity contribution in [1.29, 1.82) is 0 Å². The normalized spacial score (nSPS) is 11.4. The van der Waals surface area contributed by atoms with E-state index in [1.807, 2.05) is 42.5 Å². The summed E-state index contributed by atoms with van der Waals surface area (Å²) >= 11 is 0. The van der Waals surface area contributed by atoms with Crippen molar-refractivity contribution >= 4 is 29.1 Å². The van der Waals surface area contributed by atoms with Crippen LogP contribution in [-0.2, 0) is 27.3 Å². The number of hydrogen-bond acceptors (Lipinski definition) is 6. The molecule has 4 rings (SSSR count). The van der Waals surface area contributed by atoms with E-state index in [0.29, 0.717) is 29.2 Å². The summed E-state index contributed by atoms with van der Waals surface area (Å²) in [5.41, 5.74) is 3.64. The number of likely N-dealkylation sites (N-methyl/N-ethyl adjacent to an activating group) is 1. The molecule has 10 heteroatoms. The highest BCUT2D eigenvalue weighted by molar-refractivity contribution is 5.99. The molecule has 3 amide bonds. The number of nitrogens with zero attached hydrogens (tertiary/aromatic N) is 4. The summed E-state index contributed by atoms with van der Waals surface area (Å²) in [5, 5.41) is 13.8. The van der Waals surface area contributed by atoms with Gasteiger partial charge in [0.05, 0.1) is 13.3 Å². The molecule has 1 heterocycles. The maximum absolute atomic E-state index is 13.5. The Balaban J connectivity index is 1.45. The molecule has 1 atom stereocenters. The van der Waals surface area contributed by atoms with E-state index in [4.69, 9.17) is 4.74 Å². The monoisotopic (exact) mass is 526 g/mol. The van der Waals surface area contributed by atoms with Crippen molar-refractivity contribution in [3.05, 3.63) is 90.6 Å². The number of carbonyl (C=O) groups excluding carboxylic acids is 3. The van der Waals surface area contributed by atoms with E-state index in [0.717, 1.165) is 11.1 Å². The fourth-order valence-electron chi connectivity index (χ4n) is 4.04. The minimum Gasteiger partial charge on any atom is -0.497 e. The molecule has 0 aliphatic rings. The number of ether oxygens (including phenoxy) is 1. The summed E-state index contributed by atoms with van der Waals surface area (Å²) in [6.45, 7) is 1.33. The lowest BCUT2D eigenvalue weighted by Gasteiger charge is -2.25. The molecule has 0 aliphatic heterocycles. The highest BCUT2D eigenvalue weighted by atomic mass is 16.5. The standard InChI is InChI=1S/C29H30N6O4/c1-20(36)30-23-11-9-22(10-12-23)27-18-35(33-32-27)19-28(37)31-26(17-21-7-5-4-6-8-21)29(38)34(2)24-13-15-25(39-3)16-14-24/h4-16,18,26H,17,19H2,1-3H3,(H,30,36)(H,31,37)/t26-/m0/s1. The molecular formula is C29H30N6O4. The minimum absolute atomic E-state index is 0.109. The number of anilines is 2. The van der Waals surface area contributed by atoms with Crippen LogP contribution in [0.5, 0.6) is 5.75 Å². The van der Waals surface area contributed by atoms with Gasteiger partial charge in [-0.1, -0.05) is 47.7 Å². The Hall–Kier alpha value is -4.99. The van der Waals surface area contributed by atoms with Gasteiger partial charge in [0, 0.05) is 37.3 Å². The first-order valence-electron chi connectivity index (χ1n) is 12.4. The van der Waals surface area contributed by atoms with E-state index in [-0.39, 0.29) is 24.3 Å². The van der Waals surface area contributed by atoms with Crippen LogP contribution in [0.2, 0.25) is 0 Å². The molecule has 0 unspecified atom stereocenters. The quantitative estimate of drug-likeness (QED) is 0.327. The molecule has 200 valence electrons. The second-order valence-corrected chi connectivity index (χ2v) is 8.97. The van der Waals surface area contributed by atoms with Crippen molar-refractivity contribution in [2.45, 2.75) is 25.9 Å². The zero-order chi connectivity index (χ0) is 27.8. The molecule has 0 aliphatic carbocycles. The Kier molecular flexibility index (Phi) is 8.67. The molecule has 2 N–H and O–H groups in total. The minimum atomic E-state index is -0.795. The Labute approximate surface area is 226 Å². The van der Waals surface area contributed by atoms with Gasteiger partial charge in [0.1, 0.15) is 24.0 Å². The number of benzene rings is 3. The first-order chi connectivity index (χ1) is 18.8. The lowest BCUT2D eigenvalue weighted by Crippen LogP contribution is -2.49. The van der Waals surface area contributed by atoms with Crippen molar-refractivity contribution < 1.29 is 19.1 Å².